The summed E-state index contributed by atoms with van der Waals surface area (Å²) in [4.78, 5) is 35.7. The highest BCUT2D eigenvalue weighted by molar-refractivity contribution is 8.00. The molecule has 0 aromatic carbocycles. The number of hydrogen-bond acceptors (Lipinski definition) is 7. The number of hydrogen-bond donors (Lipinski definition) is 1. The second kappa shape index (κ2) is 10.2. The van der Waals surface area contributed by atoms with Crippen LogP contribution in [0, 0.1) is 0 Å². The fraction of sp³-hybridized carbons (Fsp3) is 0.524. The summed E-state index contributed by atoms with van der Waals surface area (Å²) in [6.45, 7) is 5.16. The van der Waals surface area contributed by atoms with Gasteiger partial charge in [-0.05, 0) is 37.8 Å². The number of nitrogens with zero attached hydrogens (tertiary/aromatic N) is 4. The average Bonchev–Trinajstić information content (AvgIpc) is 3.25. The van der Waals surface area contributed by atoms with Gasteiger partial charge in [0.05, 0.1) is 30.9 Å². The van der Waals surface area contributed by atoms with Gasteiger partial charge in [-0.2, -0.15) is 4.98 Å². The van der Waals surface area contributed by atoms with Crippen molar-refractivity contribution in [3.63, 3.8) is 0 Å². The minimum absolute atomic E-state index is 0.128. The summed E-state index contributed by atoms with van der Waals surface area (Å²) in [5, 5.41) is 3.52. The van der Waals surface area contributed by atoms with Crippen LogP contribution in [0.15, 0.2) is 34.3 Å². The van der Waals surface area contributed by atoms with E-state index in [4.69, 9.17) is 4.74 Å². The van der Waals surface area contributed by atoms with Crippen LogP contribution in [0.4, 0.5) is 5.69 Å². The number of fused-ring (bicyclic) bond motifs is 1. The molecular weight excluding hydrogens is 402 g/mol. The Labute approximate surface area is 180 Å². The van der Waals surface area contributed by atoms with Crippen molar-refractivity contribution in [1.29, 1.82) is 0 Å². The maximum absolute atomic E-state index is 12.7. The average molecular weight is 430 g/mol. The smallest absolute Gasteiger partial charge is 0.348 e. The molecule has 1 aliphatic heterocycles. The number of morpholine rings is 1. The van der Waals surface area contributed by atoms with Gasteiger partial charge in [0.15, 0.2) is 0 Å². The van der Waals surface area contributed by atoms with Crippen LogP contribution in [-0.2, 0) is 28.9 Å². The first-order valence-electron chi connectivity index (χ1n) is 10.5. The number of carbonyl (C=O) groups is 1. The minimum Gasteiger partial charge on any atom is -0.379 e. The van der Waals surface area contributed by atoms with E-state index in [1.54, 1.807) is 24.5 Å². The highest BCUT2D eigenvalue weighted by atomic mass is 32.2. The molecule has 2 aliphatic rings. The first kappa shape index (κ1) is 21.0. The molecule has 0 bridgehead atoms. The summed E-state index contributed by atoms with van der Waals surface area (Å²) in [6, 6.07) is 3.57. The van der Waals surface area contributed by atoms with Gasteiger partial charge < -0.3 is 10.1 Å². The molecule has 4 rings (SSSR count). The summed E-state index contributed by atoms with van der Waals surface area (Å²) in [7, 11) is 0. The van der Waals surface area contributed by atoms with Gasteiger partial charge in [0.1, 0.15) is 5.03 Å². The second-order valence-electron chi connectivity index (χ2n) is 7.52. The molecule has 1 aliphatic carbocycles. The number of pyridine rings is 1. The normalized spacial score (nSPS) is 16.4. The fourth-order valence-corrected chi connectivity index (χ4v) is 4.86. The molecule has 0 saturated carbocycles. The van der Waals surface area contributed by atoms with Gasteiger partial charge in [0, 0.05) is 43.6 Å². The van der Waals surface area contributed by atoms with E-state index in [2.05, 4.69) is 20.2 Å². The molecule has 0 spiro atoms. The number of thioether (sulfide) groups is 1. The van der Waals surface area contributed by atoms with Crippen molar-refractivity contribution >= 4 is 23.4 Å². The standard InChI is InChI=1S/C21H27N5O3S/c27-19(23-16-4-2-7-22-14-16)15-30-20-17-5-1-6-18(17)26(21(28)24-20)9-3-8-25-10-12-29-13-11-25/h2,4,7,14H,1,3,5-6,8-13,15H2,(H,23,27). The predicted octanol–water partition coefficient (Wildman–Crippen LogP) is 1.58. The zero-order valence-electron chi connectivity index (χ0n) is 17.0. The molecule has 160 valence electrons. The highest BCUT2D eigenvalue weighted by Gasteiger charge is 2.22. The van der Waals surface area contributed by atoms with E-state index >= 15 is 0 Å². The lowest BCUT2D eigenvalue weighted by Crippen LogP contribution is -2.37. The van der Waals surface area contributed by atoms with E-state index in [0.717, 1.165) is 69.8 Å². The van der Waals surface area contributed by atoms with Gasteiger partial charge in [-0.25, -0.2) is 4.79 Å². The summed E-state index contributed by atoms with van der Waals surface area (Å²) in [5.41, 5.74) is 2.71. The SMILES string of the molecule is O=C(CSc1nc(=O)n(CCCN2CCOCC2)c2c1CCC2)Nc1cccnc1. The Morgan fingerprint density at radius 3 is 2.90 bits per heavy atom. The van der Waals surface area contributed by atoms with Crippen molar-refractivity contribution in [2.24, 2.45) is 0 Å². The summed E-state index contributed by atoms with van der Waals surface area (Å²) >= 11 is 1.34. The topological polar surface area (TPSA) is 89.4 Å². The van der Waals surface area contributed by atoms with E-state index in [1.165, 1.54) is 11.8 Å². The van der Waals surface area contributed by atoms with Crippen molar-refractivity contribution < 1.29 is 9.53 Å². The van der Waals surface area contributed by atoms with Crippen molar-refractivity contribution in [3.8, 4) is 0 Å². The van der Waals surface area contributed by atoms with Crippen molar-refractivity contribution in [1.82, 2.24) is 19.4 Å². The third-order valence-electron chi connectivity index (χ3n) is 5.45. The molecule has 2 aromatic rings. The molecular formula is C21H27N5O3S. The Bertz CT molecular complexity index is 928. The van der Waals surface area contributed by atoms with E-state index in [1.807, 2.05) is 4.57 Å². The molecule has 30 heavy (non-hydrogen) atoms. The lowest BCUT2D eigenvalue weighted by Gasteiger charge is -2.26. The number of amides is 1. The van der Waals surface area contributed by atoms with Gasteiger partial charge in [0.25, 0.3) is 0 Å². The summed E-state index contributed by atoms with van der Waals surface area (Å²) < 4.78 is 7.24. The Kier molecular flexibility index (Phi) is 7.14. The summed E-state index contributed by atoms with van der Waals surface area (Å²) in [5.74, 6) is 0.0886. The van der Waals surface area contributed by atoms with Gasteiger partial charge >= 0.3 is 5.69 Å². The Hall–Kier alpha value is -2.23. The van der Waals surface area contributed by atoms with Crippen LogP contribution in [0.1, 0.15) is 24.1 Å². The van der Waals surface area contributed by atoms with Crippen LogP contribution in [0.3, 0.4) is 0 Å². The maximum Gasteiger partial charge on any atom is 0.348 e. The molecule has 1 fully saturated rings. The van der Waals surface area contributed by atoms with Gasteiger partial charge in [-0.3, -0.25) is 19.2 Å². The van der Waals surface area contributed by atoms with Gasteiger partial charge in [0.2, 0.25) is 5.91 Å². The first-order valence-corrected chi connectivity index (χ1v) is 11.4. The third kappa shape index (κ3) is 5.27. The molecule has 3 heterocycles. The Morgan fingerprint density at radius 2 is 2.10 bits per heavy atom. The zero-order chi connectivity index (χ0) is 20.8. The predicted molar refractivity (Wildman–Crippen MR) is 116 cm³/mol. The third-order valence-corrected chi connectivity index (χ3v) is 6.46. The molecule has 9 heteroatoms. The largest absolute Gasteiger partial charge is 0.379 e. The molecule has 8 nitrogen and oxygen atoms in total. The lowest BCUT2D eigenvalue weighted by atomic mass is 10.2. The Balaban J connectivity index is 1.37. The molecule has 1 saturated heterocycles. The van der Waals surface area contributed by atoms with Crippen molar-refractivity contribution in [2.75, 3.05) is 43.9 Å². The quantitative estimate of drug-likeness (QED) is 0.503. The number of anilines is 1. The highest BCUT2D eigenvalue weighted by Crippen LogP contribution is 2.29. The molecule has 0 atom stereocenters. The van der Waals surface area contributed by atoms with Gasteiger partial charge in [-0.15, -0.1) is 0 Å². The van der Waals surface area contributed by atoms with E-state index < -0.39 is 0 Å². The zero-order valence-corrected chi connectivity index (χ0v) is 17.8. The number of nitrogens with one attached hydrogen (secondary N) is 1. The van der Waals surface area contributed by atoms with Crippen LogP contribution in [0.5, 0.6) is 0 Å². The van der Waals surface area contributed by atoms with E-state index in [-0.39, 0.29) is 17.3 Å². The molecule has 1 N–H and O–H groups in total. The monoisotopic (exact) mass is 429 g/mol. The number of ether oxygens (including phenoxy) is 1. The maximum atomic E-state index is 12.7. The molecule has 0 radical (unpaired) electrons. The minimum atomic E-state index is -0.201. The fourth-order valence-electron chi connectivity index (χ4n) is 3.98. The second-order valence-corrected chi connectivity index (χ2v) is 8.48. The van der Waals surface area contributed by atoms with E-state index in [9.17, 15) is 9.59 Å². The van der Waals surface area contributed by atoms with Crippen LogP contribution in [-0.4, -0.2) is 63.9 Å². The van der Waals surface area contributed by atoms with Crippen LogP contribution >= 0.6 is 11.8 Å². The molecule has 2 aromatic heterocycles. The number of aromatic nitrogens is 3. The van der Waals surface area contributed by atoms with Crippen LogP contribution < -0.4 is 11.0 Å². The van der Waals surface area contributed by atoms with Gasteiger partial charge in [-0.1, -0.05) is 11.8 Å². The first-order chi connectivity index (χ1) is 14.7. The van der Waals surface area contributed by atoms with Crippen LogP contribution in [0.2, 0.25) is 0 Å². The van der Waals surface area contributed by atoms with E-state index in [0.29, 0.717) is 17.3 Å². The van der Waals surface area contributed by atoms with Crippen LogP contribution in [0.25, 0.3) is 0 Å². The lowest BCUT2D eigenvalue weighted by molar-refractivity contribution is -0.113. The molecule has 1 amide bonds. The number of rotatable bonds is 8. The Morgan fingerprint density at radius 1 is 1.23 bits per heavy atom. The van der Waals surface area contributed by atoms with Crippen molar-refractivity contribution in [2.45, 2.75) is 37.3 Å². The summed E-state index contributed by atoms with van der Waals surface area (Å²) in [6.07, 6.45) is 7.04. The number of carbonyl (C=O) groups excluding carboxylic acids is 1. The molecule has 0 unspecified atom stereocenters. The van der Waals surface area contributed by atoms with Crippen molar-refractivity contribution in [3.05, 3.63) is 46.3 Å².